The van der Waals surface area contributed by atoms with Gasteiger partial charge in [0, 0.05) is 4.47 Å². The van der Waals surface area contributed by atoms with Gasteiger partial charge in [0.1, 0.15) is 5.75 Å². The Labute approximate surface area is 120 Å². The molecule has 0 atom stereocenters. The van der Waals surface area contributed by atoms with Crippen LogP contribution in [0.5, 0.6) is 5.75 Å². The fraction of sp³-hybridized carbons (Fsp3) is 0.133. The molecule has 2 aromatic rings. The standard InChI is InChI=1S/C15H14BrNO2/c1-9-4-6-13(12(16)7-9)17-15(19)11-5-3-10(2)8-14(11)18/h3-8,18H,1-2H3,(H,17,19). The summed E-state index contributed by atoms with van der Waals surface area (Å²) in [6.07, 6.45) is 0. The number of rotatable bonds is 2. The van der Waals surface area contributed by atoms with Crippen molar-refractivity contribution in [1.29, 1.82) is 0 Å². The Morgan fingerprint density at radius 1 is 1.11 bits per heavy atom. The van der Waals surface area contributed by atoms with Crippen LogP contribution in [-0.4, -0.2) is 11.0 Å². The largest absolute Gasteiger partial charge is 0.507 e. The molecule has 0 fully saturated rings. The number of anilines is 1. The van der Waals surface area contributed by atoms with Crippen molar-refractivity contribution in [2.24, 2.45) is 0 Å². The van der Waals surface area contributed by atoms with Crippen LogP contribution in [0, 0.1) is 13.8 Å². The highest BCUT2D eigenvalue weighted by molar-refractivity contribution is 9.10. The number of carbonyl (C=O) groups excluding carboxylic acids is 1. The monoisotopic (exact) mass is 319 g/mol. The van der Waals surface area contributed by atoms with Crippen LogP contribution in [0.2, 0.25) is 0 Å². The minimum absolute atomic E-state index is 0.0132. The first-order chi connectivity index (χ1) is 8.97. The molecule has 1 amide bonds. The van der Waals surface area contributed by atoms with Crippen molar-refractivity contribution in [3.63, 3.8) is 0 Å². The highest BCUT2D eigenvalue weighted by Crippen LogP contribution is 2.25. The summed E-state index contributed by atoms with van der Waals surface area (Å²) < 4.78 is 0.812. The number of nitrogens with one attached hydrogen (secondary N) is 1. The second-order valence-corrected chi connectivity index (χ2v) is 5.31. The summed E-state index contributed by atoms with van der Waals surface area (Å²) in [5, 5.41) is 12.5. The molecule has 0 aromatic heterocycles. The molecular weight excluding hydrogens is 306 g/mol. The number of hydrogen-bond donors (Lipinski definition) is 2. The van der Waals surface area contributed by atoms with Crippen molar-refractivity contribution in [1.82, 2.24) is 0 Å². The van der Waals surface area contributed by atoms with Crippen molar-refractivity contribution in [3.8, 4) is 5.75 Å². The summed E-state index contributed by atoms with van der Waals surface area (Å²) >= 11 is 3.40. The number of halogens is 1. The number of phenolic OH excluding ortho intramolecular Hbond substituents is 1. The van der Waals surface area contributed by atoms with Crippen LogP contribution >= 0.6 is 15.9 Å². The van der Waals surface area contributed by atoms with Crippen LogP contribution in [0.4, 0.5) is 5.69 Å². The number of aryl methyl sites for hydroxylation is 2. The smallest absolute Gasteiger partial charge is 0.259 e. The van der Waals surface area contributed by atoms with E-state index in [1.807, 2.05) is 32.0 Å². The third-order valence-corrected chi connectivity index (χ3v) is 3.43. The first kappa shape index (κ1) is 13.6. The van der Waals surface area contributed by atoms with Crippen LogP contribution in [-0.2, 0) is 0 Å². The molecule has 98 valence electrons. The topological polar surface area (TPSA) is 49.3 Å². The van der Waals surface area contributed by atoms with Crippen LogP contribution in [0.15, 0.2) is 40.9 Å². The van der Waals surface area contributed by atoms with Gasteiger partial charge in [-0.25, -0.2) is 0 Å². The Bertz CT molecular complexity index is 638. The van der Waals surface area contributed by atoms with Crippen LogP contribution in [0.1, 0.15) is 21.5 Å². The van der Waals surface area contributed by atoms with Crippen molar-refractivity contribution in [3.05, 3.63) is 57.6 Å². The molecule has 4 heteroatoms. The maximum Gasteiger partial charge on any atom is 0.259 e. The molecule has 0 saturated heterocycles. The maximum absolute atomic E-state index is 12.1. The van der Waals surface area contributed by atoms with E-state index in [2.05, 4.69) is 21.2 Å². The summed E-state index contributed by atoms with van der Waals surface area (Å²) in [7, 11) is 0. The van der Waals surface area contributed by atoms with Gasteiger partial charge in [0.15, 0.2) is 0 Å². The van der Waals surface area contributed by atoms with E-state index in [0.717, 1.165) is 15.6 Å². The molecule has 0 heterocycles. The molecule has 0 aliphatic carbocycles. The van der Waals surface area contributed by atoms with Crippen molar-refractivity contribution in [2.75, 3.05) is 5.32 Å². The van der Waals surface area contributed by atoms with Crippen LogP contribution in [0.3, 0.4) is 0 Å². The molecule has 0 saturated carbocycles. The Balaban J connectivity index is 2.25. The molecule has 2 N–H and O–H groups in total. The Morgan fingerprint density at radius 2 is 1.74 bits per heavy atom. The number of aromatic hydroxyl groups is 1. The van der Waals surface area contributed by atoms with Crippen molar-refractivity contribution in [2.45, 2.75) is 13.8 Å². The number of hydrogen-bond acceptors (Lipinski definition) is 2. The Kier molecular flexibility index (Phi) is 3.90. The molecule has 19 heavy (non-hydrogen) atoms. The maximum atomic E-state index is 12.1. The lowest BCUT2D eigenvalue weighted by atomic mass is 10.1. The Hall–Kier alpha value is -1.81. The molecule has 0 spiro atoms. The molecule has 3 nitrogen and oxygen atoms in total. The lowest BCUT2D eigenvalue weighted by Gasteiger charge is -2.09. The lowest BCUT2D eigenvalue weighted by Crippen LogP contribution is -2.12. The zero-order valence-electron chi connectivity index (χ0n) is 10.7. The molecule has 0 aliphatic heterocycles. The van der Waals surface area contributed by atoms with Gasteiger partial charge in [-0.3, -0.25) is 4.79 Å². The van der Waals surface area contributed by atoms with Crippen LogP contribution < -0.4 is 5.32 Å². The Morgan fingerprint density at radius 3 is 2.37 bits per heavy atom. The minimum atomic E-state index is -0.331. The fourth-order valence-electron chi connectivity index (χ4n) is 1.74. The fourth-order valence-corrected chi connectivity index (χ4v) is 2.34. The van der Waals surface area contributed by atoms with Gasteiger partial charge < -0.3 is 10.4 Å². The molecule has 2 rings (SSSR count). The van der Waals surface area contributed by atoms with Gasteiger partial charge >= 0.3 is 0 Å². The number of amides is 1. The summed E-state index contributed by atoms with van der Waals surface area (Å²) in [6, 6.07) is 10.6. The highest BCUT2D eigenvalue weighted by atomic mass is 79.9. The zero-order chi connectivity index (χ0) is 14.0. The summed E-state index contributed by atoms with van der Waals surface area (Å²) in [4.78, 5) is 12.1. The van der Waals surface area contributed by atoms with Gasteiger partial charge in [0.05, 0.1) is 11.3 Å². The highest BCUT2D eigenvalue weighted by Gasteiger charge is 2.12. The SMILES string of the molecule is Cc1ccc(C(=O)Nc2ccc(C)cc2Br)c(O)c1. The van der Waals surface area contributed by atoms with E-state index in [1.54, 1.807) is 18.2 Å². The van der Waals surface area contributed by atoms with E-state index < -0.39 is 0 Å². The molecule has 2 aromatic carbocycles. The molecular formula is C15H14BrNO2. The van der Waals surface area contributed by atoms with Gasteiger partial charge in [0.25, 0.3) is 5.91 Å². The summed E-state index contributed by atoms with van der Waals surface area (Å²) in [5.74, 6) is -0.345. The third kappa shape index (κ3) is 3.15. The second-order valence-electron chi connectivity index (χ2n) is 4.46. The van der Waals surface area contributed by atoms with E-state index in [0.29, 0.717) is 5.69 Å². The van der Waals surface area contributed by atoms with E-state index in [9.17, 15) is 9.90 Å². The van der Waals surface area contributed by atoms with Gasteiger partial charge in [0.2, 0.25) is 0 Å². The van der Waals surface area contributed by atoms with Crippen molar-refractivity contribution < 1.29 is 9.90 Å². The zero-order valence-corrected chi connectivity index (χ0v) is 12.3. The van der Waals surface area contributed by atoms with Gasteiger partial charge in [-0.05, 0) is 65.2 Å². The molecule has 0 radical (unpaired) electrons. The predicted octanol–water partition coefficient (Wildman–Crippen LogP) is 4.02. The third-order valence-electron chi connectivity index (χ3n) is 2.77. The first-order valence-electron chi connectivity index (χ1n) is 5.84. The normalized spacial score (nSPS) is 10.3. The minimum Gasteiger partial charge on any atom is -0.507 e. The molecule has 0 bridgehead atoms. The average Bonchev–Trinajstić information content (AvgIpc) is 2.32. The lowest BCUT2D eigenvalue weighted by molar-refractivity contribution is 0.102. The number of benzene rings is 2. The quantitative estimate of drug-likeness (QED) is 0.878. The van der Waals surface area contributed by atoms with E-state index >= 15 is 0 Å². The predicted molar refractivity (Wildman–Crippen MR) is 79.7 cm³/mol. The van der Waals surface area contributed by atoms with E-state index in [-0.39, 0.29) is 17.2 Å². The van der Waals surface area contributed by atoms with Crippen molar-refractivity contribution >= 4 is 27.5 Å². The number of carbonyl (C=O) groups is 1. The first-order valence-corrected chi connectivity index (χ1v) is 6.64. The average molecular weight is 320 g/mol. The van der Waals surface area contributed by atoms with E-state index in [4.69, 9.17) is 0 Å². The summed E-state index contributed by atoms with van der Waals surface area (Å²) in [6.45, 7) is 3.83. The summed E-state index contributed by atoms with van der Waals surface area (Å²) in [5.41, 5.74) is 2.95. The molecule has 0 aliphatic rings. The van der Waals surface area contributed by atoms with Gasteiger partial charge in [-0.1, -0.05) is 12.1 Å². The van der Waals surface area contributed by atoms with Crippen LogP contribution in [0.25, 0.3) is 0 Å². The van der Waals surface area contributed by atoms with E-state index in [1.165, 1.54) is 0 Å². The second kappa shape index (κ2) is 5.45. The molecule has 0 unspecified atom stereocenters. The number of phenols is 1. The van der Waals surface area contributed by atoms with Gasteiger partial charge in [-0.15, -0.1) is 0 Å². The van der Waals surface area contributed by atoms with Gasteiger partial charge in [-0.2, -0.15) is 0 Å².